The molecule has 0 saturated heterocycles. The van der Waals surface area contributed by atoms with Crippen LogP contribution in [0.3, 0.4) is 0 Å². The highest BCUT2D eigenvalue weighted by molar-refractivity contribution is 14.1. The zero-order valence-electron chi connectivity index (χ0n) is 12.4. The smallest absolute Gasteiger partial charge is 0.214 e. The van der Waals surface area contributed by atoms with Gasteiger partial charge in [0.1, 0.15) is 11.4 Å². The quantitative estimate of drug-likeness (QED) is 0.323. The number of pyridine rings is 1. The standard InChI is InChI=1S/C15H11FIN3O4S/c16-10-5-8(17)1-2-11(10)20-14-9-6-18-4-3-13(9)24-15(14)12(21)7-19-25(22)23/h1-6,19-20H,7H2,(H,22,23)/p-1. The molecule has 25 heavy (non-hydrogen) atoms. The molecule has 10 heteroatoms. The Morgan fingerprint density at radius 2 is 2.20 bits per heavy atom. The Hall–Kier alpha value is -1.89. The number of carbonyl (C=O) groups excluding carboxylic acids is 1. The lowest BCUT2D eigenvalue weighted by Crippen LogP contribution is -2.24. The molecule has 1 unspecified atom stereocenters. The Labute approximate surface area is 157 Å². The van der Waals surface area contributed by atoms with Crippen LogP contribution < -0.4 is 10.0 Å². The maximum Gasteiger partial charge on any atom is 0.214 e. The Morgan fingerprint density at radius 1 is 1.40 bits per heavy atom. The molecular weight excluding hydrogens is 464 g/mol. The molecule has 130 valence electrons. The number of hydrogen-bond acceptors (Lipinski definition) is 6. The van der Waals surface area contributed by atoms with Crippen molar-refractivity contribution >= 4 is 62.0 Å². The van der Waals surface area contributed by atoms with Crippen LogP contribution in [0.4, 0.5) is 15.8 Å². The van der Waals surface area contributed by atoms with E-state index in [1.165, 1.54) is 24.5 Å². The van der Waals surface area contributed by atoms with Gasteiger partial charge >= 0.3 is 0 Å². The second kappa shape index (κ2) is 7.56. The number of ketones is 1. The Bertz CT molecular complexity index is 979. The summed E-state index contributed by atoms with van der Waals surface area (Å²) in [5, 5.41) is 3.32. The number of halogens is 2. The highest BCUT2D eigenvalue weighted by Crippen LogP contribution is 2.34. The molecule has 3 rings (SSSR count). The molecule has 2 aromatic heterocycles. The van der Waals surface area contributed by atoms with Crippen LogP contribution in [0, 0.1) is 9.39 Å². The van der Waals surface area contributed by atoms with Crippen LogP contribution in [0.5, 0.6) is 0 Å². The minimum atomic E-state index is -2.58. The van der Waals surface area contributed by atoms with Gasteiger partial charge in [-0.3, -0.25) is 14.0 Å². The van der Waals surface area contributed by atoms with E-state index in [-0.39, 0.29) is 17.1 Å². The third-order valence-electron chi connectivity index (χ3n) is 3.28. The van der Waals surface area contributed by atoms with Crippen molar-refractivity contribution < 1.29 is 22.4 Å². The Balaban J connectivity index is 2.03. The molecule has 3 aromatic rings. The molecule has 2 heterocycles. The van der Waals surface area contributed by atoms with Crippen molar-refractivity contribution in [3.8, 4) is 0 Å². The first kappa shape index (κ1) is 17.9. The van der Waals surface area contributed by atoms with E-state index in [2.05, 4.69) is 10.3 Å². The summed E-state index contributed by atoms with van der Waals surface area (Å²) >= 11 is -0.601. The predicted octanol–water partition coefficient (Wildman–Crippen LogP) is 2.88. The molecule has 0 bridgehead atoms. The number of carbonyl (C=O) groups is 1. The number of nitrogens with one attached hydrogen (secondary N) is 2. The summed E-state index contributed by atoms with van der Waals surface area (Å²) < 4.78 is 43.5. The fourth-order valence-electron chi connectivity index (χ4n) is 2.19. The van der Waals surface area contributed by atoms with Crippen molar-refractivity contribution in [1.82, 2.24) is 9.71 Å². The fraction of sp³-hybridized carbons (Fsp3) is 0.0667. The molecule has 1 atom stereocenters. The number of hydrogen-bond donors (Lipinski definition) is 2. The SMILES string of the molecule is O=C(CNS(=O)[O-])c1oc2ccncc2c1Nc1ccc(I)cc1F. The molecule has 0 amide bonds. The Morgan fingerprint density at radius 3 is 2.92 bits per heavy atom. The Kier molecular flexibility index (Phi) is 5.42. The lowest BCUT2D eigenvalue weighted by Gasteiger charge is -2.09. The van der Waals surface area contributed by atoms with Gasteiger partial charge in [-0.25, -0.2) is 9.11 Å². The molecule has 0 saturated carbocycles. The van der Waals surface area contributed by atoms with Crippen LogP contribution in [0.15, 0.2) is 41.1 Å². The number of rotatable bonds is 6. The van der Waals surface area contributed by atoms with Crippen LogP contribution in [0.25, 0.3) is 11.0 Å². The minimum Gasteiger partial charge on any atom is -0.760 e. The van der Waals surface area contributed by atoms with Gasteiger partial charge in [-0.2, -0.15) is 0 Å². The second-order valence-electron chi connectivity index (χ2n) is 4.91. The predicted molar refractivity (Wildman–Crippen MR) is 97.7 cm³/mol. The number of aromatic nitrogens is 1. The van der Waals surface area contributed by atoms with E-state index in [4.69, 9.17) is 4.42 Å². The summed E-state index contributed by atoms with van der Waals surface area (Å²) in [6, 6.07) is 6.13. The summed E-state index contributed by atoms with van der Waals surface area (Å²) in [5.41, 5.74) is 0.753. The number of Topliss-reactive ketones (excluding diaryl/α,β-unsaturated/α-hetero) is 1. The van der Waals surface area contributed by atoms with Gasteiger partial charge in [-0.15, -0.1) is 0 Å². The van der Waals surface area contributed by atoms with E-state index < -0.39 is 29.4 Å². The highest BCUT2D eigenvalue weighted by Gasteiger charge is 2.21. The maximum absolute atomic E-state index is 14.1. The fourth-order valence-corrected chi connectivity index (χ4v) is 2.89. The monoisotopic (exact) mass is 474 g/mol. The van der Waals surface area contributed by atoms with E-state index in [1.54, 1.807) is 12.1 Å². The van der Waals surface area contributed by atoms with E-state index in [9.17, 15) is 17.9 Å². The minimum absolute atomic E-state index is 0.112. The van der Waals surface area contributed by atoms with Crippen LogP contribution >= 0.6 is 22.6 Å². The second-order valence-corrected chi connectivity index (χ2v) is 6.91. The van der Waals surface area contributed by atoms with Crippen LogP contribution in [-0.4, -0.2) is 26.1 Å². The van der Waals surface area contributed by atoms with Gasteiger partial charge in [0.2, 0.25) is 5.78 Å². The maximum atomic E-state index is 14.1. The molecule has 0 aliphatic rings. The average molecular weight is 474 g/mol. The topological polar surface area (TPSA) is 107 Å². The van der Waals surface area contributed by atoms with Crippen molar-refractivity contribution in [2.24, 2.45) is 0 Å². The van der Waals surface area contributed by atoms with Crippen molar-refractivity contribution in [2.45, 2.75) is 0 Å². The van der Waals surface area contributed by atoms with Gasteiger partial charge in [0.05, 0.1) is 23.3 Å². The summed E-state index contributed by atoms with van der Waals surface area (Å²) in [6.45, 7) is -0.479. The average Bonchev–Trinajstić information content (AvgIpc) is 2.94. The number of benzene rings is 1. The molecule has 2 N–H and O–H groups in total. The van der Waals surface area contributed by atoms with Crippen molar-refractivity contribution in [1.29, 1.82) is 0 Å². The first-order valence-electron chi connectivity index (χ1n) is 6.90. The van der Waals surface area contributed by atoms with Gasteiger partial charge in [0, 0.05) is 27.2 Å². The molecule has 0 radical (unpaired) electrons. The first-order chi connectivity index (χ1) is 12.0. The van der Waals surface area contributed by atoms with Crippen LogP contribution in [0.2, 0.25) is 0 Å². The summed E-state index contributed by atoms with van der Waals surface area (Å²) in [7, 11) is 0. The normalized spacial score (nSPS) is 12.3. The summed E-state index contributed by atoms with van der Waals surface area (Å²) in [4.78, 5) is 16.3. The lowest BCUT2D eigenvalue weighted by atomic mass is 10.2. The van der Waals surface area contributed by atoms with E-state index >= 15 is 0 Å². The molecule has 1 aromatic carbocycles. The molecular formula is C15H10FIN3O4S-. The molecule has 7 nitrogen and oxygen atoms in total. The van der Waals surface area contributed by atoms with Crippen LogP contribution in [0.1, 0.15) is 10.6 Å². The van der Waals surface area contributed by atoms with Crippen molar-refractivity contribution in [3.05, 3.63) is 51.8 Å². The number of nitrogens with zero attached hydrogens (tertiary/aromatic N) is 1. The summed E-state index contributed by atoms with van der Waals surface area (Å²) in [6.07, 6.45) is 2.96. The largest absolute Gasteiger partial charge is 0.760 e. The third-order valence-corrected chi connectivity index (χ3v) is 4.34. The zero-order valence-corrected chi connectivity index (χ0v) is 15.4. The van der Waals surface area contributed by atoms with Gasteiger partial charge in [0.15, 0.2) is 5.76 Å². The summed E-state index contributed by atoms with van der Waals surface area (Å²) in [5.74, 6) is -1.21. The highest BCUT2D eigenvalue weighted by atomic mass is 127. The van der Waals surface area contributed by atoms with Gasteiger partial charge in [0.25, 0.3) is 0 Å². The van der Waals surface area contributed by atoms with Gasteiger partial charge in [-0.1, -0.05) is 0 Å². The van der Waals surface area contributed by atoms with Crippen molar-refractivity contribution in [3.63, 3.8) is 0 Å². The molecule has 0 aliphatic carbocycles. The van der Waals surface area contributed by atoms with E-state index in [1.807, 2.05) is 27.3 Å². The van der Waals surface area contributed by atoms with Gasteiger partial charge < -0.3 is 14.3 Å². The molecule has 0 aliphatic heterocycles. The lowest BCUT2D eigenvalue weighted by molar-refractivity contribution is 0.0973. The molecule has 0 fully saturated rings. The zero-order chi connectivity index (χ0) is 18.0. The van der Waals surface area contributed by atoms with E-state index in [0.717, 1.165) is 3.57 Å². The number of fused-ring (bicyclic) bond motifs is 1. The third kappa shape index (κ3) is 4.03. The first-order valence-corrected chi connectivity index (χ1v) is 9.05. The molecule has 0 spiro atoms. The van der Waals surface area contributed by atoms with Crippen molar-refractivity contribution in [2.75, 3.05) is 11.9 Å². The van der Waals surface area contributed by atoms with Gasteiger partial charge in [-0.05, 0) is 46.9 Å². The van der Waals surface area contributed by atoms with Crippen LogP contribution in [-0.2, 0) is 11.3 Å². The van der Waals surface area contributed by atoms with E-state index in [0.29, 0.717) is 11.0 Å². The number of furan rings is 1. The number of anilines is 2.